The van der Waals surface area contributed by atoms with Crippen LogP contribution in [0.5, 0.6) is 0 Å². The van der Waals surface area contributed by atoms with Crippen molar-refractivity contribution in [2.75, 3.05) is 38.7 Å². The van der Waals surface area contributed by atoms with Crippen LogP contribution in [0.3, 0.4) is 0 Å². The van der Waals surface area contributed by atoms with Crippen LogP contribution in [0.4, 0.5) is 10.5 Å². The van der Waals surface area contributed by atoms with E-state index in [9.17, 15) is 14.4 Å². The van der Waals surface area contributed by atoms with E-state index >= 15 is 0 Å². The molecule has 3 N–H and O–H groups in total. The van der Waals surface area contributed by atoms with Gasteiger partial charge in [-0.3, -0.25) is 9.59 Å². The first-order valence-electron chi connectivity index (χ1n) is 8.68. The minimum atomic E-state index is -0.613. The van der Waals surface area contributed by atoms with Gasteiger partial charge in [0.15, 0.2) is 0 Å². The summed E-state index contributed by atoms with van der Waals surface area (Å²) in [6.45, 7) is 5.88. The molecule has 8 nitrogen and oxygen atoms in total. The molecule has 2 rings (SSSR count). The lowest BCUT2D eigenvalue weighted by atomic mass is 10.0. The molecule has 0 bridgehead atoms. The van der Waals surface area contributed by atoms with E-state index in [1.807, 2.05) is 13.8 Å². The molecule has 1 unspecified atom stereocenters. The number of benzene rings is 1. The molecule has 0 radical (unpaired) electrons. The molecule has 0 spiro atoms. The summed E-state index contributed by atoms with van der Waals surface area (Å²) in [5, 5.41) is 7.98. The first-order valence-corrected chi connectivity index (χ1v) is 8.68. The maximum atomic E-state index is 12.7. The predicted octanol–water partition coefficient (Wildman–Crippen LogP) is 1.05. The molecular weight excluding hydrogens is 336 g/mol. The zero-order valence-electron chi connectivity index (χ0n) is 15.4. The number of anilines is 1. The fourth-order valence-corrected chi connectivity index (χ4v) is 2.65. The van der Waals surface area contributed by atoms with Crippen molar-refractivity contribution in [2.45, 2.75) is 19.9 Å². The van der Waals surface area contributed by atoms with E-state index in [0.29, 0.717) is 37.6 Å². The lowest BCUT2D eigenvalue weighted by Gasteiger charge is -2.32. The maximum absolute atomic E-state index is 12.7. The minimum absolute atomic E-state index is 0.0493. The van der Waals surface area contributed by atoms with Gasteiger partial charge in [-0.2, -0.15) is 0 Å². The standard InChI is InChI=1S/C18H26N4O4/c1-12(2)15(17(24)22-8-10-26-11-9-22)21-18(25)20-14-6-4-13(5-7-14)16(23)19-3/h4-7,12,15H,8-11H2,1-3H3,(H,19,23)(H2,20,21,25). The van der Waals surface area contributed by atoms with Gasteiger partial charge in [-0.25, -0.2) is 4.79 Å². The van der Waals surface area contributed by atoms with E-state index in [2.05, 4.69) is 16.0 Å². The Morgan fingerprint density at radius 1 is 1.08 bits per heavy atom. The second kappa shape index (κ2) is 9.19. The molecule has 1 fully saturated rings. The molecule has 1 atom stereocenters. The molecule has 1 aromatic carbocycles. The van der Waals surface area contributed by atoms with Crippen LogP contribution in [0.15, 0.2) is 24.3 Å². The molecule has 0 aliphatic carbocycles. The van der Waals surface area contributed by atoms with Crippen LogP contribution in [-0.4, -0.2) is 62.1 Å². The van der Waals surface area contributed by atoms with Crippen LogP contribution >= 0.6 is 0 Å². The lowest BCUT2D eigenvalue weighted by Crippen LogP contribution is -2.54. The van der Waals surface area contributed by atoms with Gasteiger partial charge >= 0.3 is 6.03 Å². The lowest BCUT2D eigenvalue weighted by molar-refractivity contribution is -0.138. The van der Waals surface area contributed by atoms with E-state index in [0.717, 1.165) is 0 Å². The number of carbonyl (C=O) groups excluding carboxylic acids is 3. The fraction of sp³-hybridized carbons (Fsp3) is 0.500. The average Bonchev–Trinajstić information content (AvgIpc) is 2.66. The maximum Gasteiger partial charge on any atom is 0.319 e. The quantitative estimate of drug-likeness (QED) is 0.729. The van der Waals surface area contributed by atoms with Gasteiger partial charge in [-0.15, -0.1) is 0 Å². The molecule has 8 heteroatoms. The van der Waals surface area contributed by atoms with E-state index < -0.39 is 12.1 Å². The fourth-order valence-electron chi connectivity index (χ4n) is 2.65. The number of carbonyl (C=O) groups is 3. The van der Waals surface area contributed by atoms with Crippen molar-refractivity contribution >= 4 is 23.5 Å². The molecule has 1 aromatic rings. The summed E-state index contributed by atoms with van der Waals surface area (Å²) in [6.07, 6.45) is 0. The van der Waals surface area contributed by atoms with Gasteiger partial charge in [-0.1, -0.05) is 13.8 Å². The van der Waals surface area contributed by atoms with Crippen LogP contribution in [0.25, 0.3) is 0 Å². The van der Waals surface area contributed by atoms with Crippen molar-refractivity contribution in [3.05, 3.63) is 29.8 Å². The summed E-state index contributed by atoms with van der Waals surface area (Å²) in [4.78, 5) is 38.2. The largest absolute Gasteiger partial charge is 0.378 e. The van der Waals surface area contributed by atoms with Crippen LogP contribution in [0.1, 0.15) is 24.2 Å². The molecule has 0 aromatic heterocycles. The number of morpholine rings is 1. The molecule has 142 valence electrons. The first-order chi connectivity index (χ1) is 12.4. The normalized spacial score (nSPS) is 15.3. The second-order valence-corrected chi connectivity index (χ2v) is 6.41. The number of urea groups is 1. The number of nitrogens with zero attached hydrogens (tertiary/aromatic N) is 1. The van der Waals surface area contributed by atoms with Crippen LogP contribution in [0.2, 0.25) is 0 Å². The van der Waals surface area contributed by atoms with Crippen molar-refractivity contribution in [3.63, 3.8) is 0 Å². The summed E-state index contributed by atoms with van der Waals surface area (Å²) in [6, 6.07) is 5.44. The van der Waals surface area contributed by atoms with Gasteiger partial charge < -0.3 is 25.6 Å². The molecule has 0 saturated carbocycles. The van der Waals surface area contributed by atoms with Gasteiger partial charge in [0.2, 0.25) is 5.91 Å². The Hall–Kier alpha value is -2.61. The number of nitrogens with one attached hydrogen (secondary N) is 3. The third-order valence-corrected chi connectivity index (χ3v) is 4.17. The zero-order chi connectivity index (χ0) is 19.1. The number of hydrogen-bond acceptors (Lipinski definition) is 4. The smallest absolute Gasteiger partial charge is 0.319 e. The molecule has 1 heterocycles. The van der Waals surface area contributed by atoms with Crippen molar-refractivity contribution in [1.29, 1.82) is 0 Å². The highest BCUT2D eigenvalue weighted by Crippen LogP contribution is 2.11. The van der Waals surface area contributed by atoms with Crippen LogP contribution in [0, 0.1) is 5.92 Å². The van der Waals surface area contributed by atoms with Gasteiger partial charge in [0.05, 0.1) is 13.2 Å². The summed E-state index contributed by atoms with van der Waals surface area (Å²) < 4.78 is 5.26. The van der Waals surface area contributed by atoms with Crippen LogP contribution in [-0.2, 0) is 9.53 Å². The third-order valence-electron chi connectivity index (χ3n) is 4.17. The molecule has 1 saturated heterocycles. The van der Waals surface area contributed by atoms with Gasteiger partial charge in [-0.05, 0) is 30.2 Å². The number of hydrogen-bond donors (Lipinski definition) is 3. The Labute approximate surface area is 153 Å². The Morgan fingerprint density at radius 2 is 1.69 bits per heavy atom. The van der Waals surface area contributed by atoms with Crippen molar-refractivity contribution in [2.24, 2.45) is 5.92 Å². The van der Waals surface area contributed by atoms with E-state index in [-0.39, 0.29) is 17.7 Å². The summed E-state index contributed by atoms with van der Waals surface area (Å²) in [5.41, 5.74) is 1.04. The zero-order valence-corrected chi connectivity index (χ0v) is 15.4. The van der Waals surface area contributed by atoms with E-state index in [4.69, 9.17) is 4.74 Å². The Morgan fingerprint density at radius 3 is 2.23 bits per heavy atom. The third kappa shape index (κ3) is 5.19. The number of amides is 4. The Balaban J connectivity index is 1.96. The SMILES string of the molecule is CNC(=O)c1ccc(NC(=O)NC(C(=O)N2CCOCC2)C(C)C)cc1. The molecule has 4 amide bonds. The van der Waals surface area contributed by atoms with E-state index in [1.54, 1.807) is 36.2 Å². The van der Waals surface area contributed by atoms with Gasteiger partial charge in [0.25, 0.3) is 5.91 Å². The van der Waals surface area contributed by atoms with Gasteiger partial charge in [0, 0.05) is 31.4 Å². The van der Waals surface area contributed by atoms with Crippen molar-refractivity contribution in [3.8, 4) is 0 Å². The number of rotatable bonds is 5. The molecule has 26 heavy (non-hydrogen) atoms. The first kappa shape index (κ1) is 19.7. The summed E-state index contributed by atoms with van der Waals surface area (Å²) in [7, 11) is 1.56. The van der Waals surface area contributed by atoms with Crippen LogP contribution < -0.4 is 16.0 Å². The minimum Gasteiger partial charge on any atom is -0.378 e. The highest BCUT2D eigenvalue weighted by Gasteiger charge is 2.29. The number of ether oxygens (including phenoxy) is 1. The molecule has 1 aliphatic rings. The van der Waals surface area contributed by atoms with Crippen molar-refractivity contribution < 1.29 is 19.1 Å². The predicted molar refractivity (Wildman–Crippen MR) is 98.0 cm³/mol. The summed E-state index contributed by atoms with van der Waals surface area (Å²) >= 11 is 0. The monoisotopic (exact) mass is 362 g/mol. The Bertz CT molecular complexity index is 639. The van der Waals surface area contributed by atoms with Crippen molar-refractivity contribution in [1.82, 2.24) is 15.5 Å². The Kier molecular flexibility index (Phi) is 6.97. The second-order valence-electron chi connectivity index (χ2n) is 6.41. The topological polar surface area (TPSA) is 99.8 Å². The van der Waals surface area contributed by atoms with Gasteiger partial charge in [0.1, 0.15) is 6.04 Å². The highest BCUT2D eigenvalue weighted by atomic mass is 16.5. The summed E-state index contributed by atoms with van der Waals surface area (Å²) in [5.74, 6) is -0.350. The average molecular weight is 362 g/mol. The highest BCUT2D eigenvalue weighted by molar-refractivity contribution is 5.96. The van der Waals surface area contributed by atoms with E-state index in [1.165, 1.54) is 0 Å². The molecule has 1 aliphatic heterocycles. The molecular formula is C18H26N4O4.